The van der Waals surface area contributed by atoms with Gasteiger partial charge in [0.1, 0.15) is 5.76 Å². The van der Waals surface area contributed by atoms with Crippen LogP contribution in [0.5, 0.6) is 0 Å². The first kappa shape index (κ1) is 25.8. The smallest absolute Gasteiger partial charge is 0.195 e. The summed E-state index contributed by atoms with van der Waals surface area (Å²) in [6.07, 6.45) is 8.23. The summed E-state index contributed by atoms with van der Waals surface area (Å²) in [4.78, 5) is 0. The van der Waals surface area contributed by atoms with Crippen molar-refractivity contribution in [3.8, 4) is 0 Å². The molecule has 0 aliphatic carbocycles. The number of hydrogen-bond donors (Lipinski definition) is 0. The maximum absolute atomic E-state index is 14.5. The zero-order valence-corrected chi connectivity index (χ0v) is 18.9. The van der Waals surface area contributed by atoms with Gasteiger partial charge >= 0.3 is 0 Å². The van der Waals surface area contributed by atoms with E-state index >= 15 is 0 Å². The van der Waals surface area contributed by atoms with Gasteiger partial charge in [0.25, 0.3) is 0 Å². The van der Waals surface area contributed by atoms with Crippen LogP contribution >= 0.6 is 0 Å². The molecule has 1 aliphatic rings. The van der Waals surface area contributed by atoms with Crippen molar-refractivity contribution >= 4 is 0 Å². The maximum atomic E-state index is 14.5. The second kappa shape index (κ2) is 13.9. The molecule has 3 nitrogen and oxygen atoms in total. The fourth-order valence-electron chi connectivity index (χ4n) is 3.66. The molecule has 1 saturated heterocycles. The molecule has 168 valence electrons. The zero-order chi connectivity index (χ0) is 21.8. The summed E-state index contributed by atoms with van der Waals surface area (Å²) in [6.45, 7) is 12.5. The van der Waals surface area contributed by atoms with Crippen LogP contribution < -0.4 is 0 Å². The lowest BCUT2D eigenvalue weighted by Gasteiger charge is -2.29. The van der Waals surface area contributed by atoms with E-state index in [1.165, 1.54) is 14.0 Å². The van der Waals surface area contributed by atoms with Crippen LogP contribution in [0.4, 0.5) is 8.78 Å². The van der Waals surface area contributed by atoms with Crippen molar-refractivity contribution in [2.45, 2.75) is 78.9 Å². The Balaban J connectivity index is 2.41. The van der Waals surface area contributed by atoms with E-state index in [1.807, 2.05) is 19.9 Å². The van der Waals surface area contributed by atoms with Gasteiger partial charge in [-0.15, -0.1) is 6.58 Å². The van der Waals surface area contributed by atoms with Gasteiger partial charge in [0, 0.05) is 0 Å². The summed E-state index contributed by atoms with van der Waals surface area (Å²) >= 11 is 0. The highest BCUT2D eigenvalue weighted by Gasteiger charge is 2.23. The topological polar surface area (TPSA) is 27.7 Å². The lowest BCUT2D eigenvalue weighted by atomic mass is 9.90. The molecule has 0 radical (unpaired) electrons. The van der Waals surface area contributed by atoms with Gasteiger partial charge in [-0.1, -0.05) is 26.8 Å². The standard InChI is InChI=1S/C24H40F2O3/c1-7-9-10-20-13-14-22(29-16-20)28-15-17(3)11-12-18(4)21(8-2)24(26)23(25)19(5)27-6/h7,17-18,20,22H,1,8-16H2,2-6H3/b23-19-,24-21-. The molecule has 0 saturated carbocycles. The Kier molecular flexibility index (Phi) is 12.4. The summed E-state index contributed by atoms with van der Waals surface area (Å²) in [5.41, 5.74) is 0.508. The number of methoxy groups -OCH3 is 1. The minimum absolute atomic E-state index is 0.0263. The van der Waals surface area contributed by atoms with Gasteiger partial charge in [-0.3, -0.25) is 0 Å². The first-order valence-electron chi connectivity index (χ1n) is 11.0. The summed E-state index contributed by atoms with van der Waals surface area (Å²) < 4.78 is 45.2. The summed E-state index contributed by atoms with van der Waals surface area (Å²) in [5, 5.41) is 0. The number of hydrogen-bond acceptors (Lipinski definition) is 3. The Labute approximate surface area is 176 Å². The molecule has 0 amide bonds. The van der Waals surface area contributed by atoms with Gasteiger partial charge in [0.15, 0.2) is 17.9 Å². The molecular formula is C24H40F2O3. The summed E-state index contributed by atoms with van der Waals surface area (Å²) in [6, 6.07) is 0. The van der Waals surface area contributed by atoms with E-state index in [-0.39, 0.29) is 18.0 Å². The third-order valence-corrected chi connectivity index (χ3v) is 5.83. The van der Waals surface area contributed by atoms with Crippen molar-refractivity contribution < 1.29 is 23.0 Å². The van der Waals surface area contributed by atoms with E-state index < -0.39 is 11.7 Å². The average molecular weight is 415 g/mol. The molecule has 4 atom stereocenters. The molecule has 0 spiro atoms. The van der Waals surface area contributed by atoms with Gasteiger partial charge in [-0.05, 0) is 75.2 Å². The molecule has 0 bridgehead atoms. The van der Waals surface area contributed by atoms with Crippen LogP contribution in [0.2, 0.25) is 0 Å². The molecule has 0 aromatic rings. The van der Waals surface area contributed by atoms with Gasteiger partial charge in [0.2, 0.25) is 0 Å². The van der Waals surface area contributed by atoms with Crippen molar-refractivity contribution in [2.24, 2.45) is 17.8 Å². The predicted molar refractivity (Wildman–Crippen MR) is 115 cm³/mol. The van der Waals surface area contributed by atoms with E-state index in [1.54, 1.807) is 0 Å². The molecule has 0 aromatic carbocycles. The number of ether oxygens (including phenoxy) is 3. The van der Waals surface area contributed by atoms with Crippen LogP contribution in [0.1, 0.15) is 72.6 Å². The largest absolute Gasteiger partial charge is 0.498 e. The number of rotatable bonds is 13. The van der Waals surface area contributed by atoms with Crippen molar-refractivity contribution in [3.63, 3.8) is 0 Å². The summed E-state index contributed by atoms with van der Waals surface area (Å²) in [5.74, 6) is -0.785. The zero-order valence-electron chi connectivity index (χ0n) is 18.9. The van der Waals surface area contributed by atoms with Gasteiger partial charge in [0.05, 0.1) is 20.3 Å². The minimum atomic E-state index is -0.895. The molecule has 1 fully saturated rings. The first-order valence-corrected chi connectivity index (χ1v) is 11.0. The monoisotopic (exact) mass is 414 g/mol. The number of allylic oxidation sites excluding steroid dienone is 5. The van der Waals surface area contributed by atoms with Gasteiger partial charge in [-0.25, -0.2) is 8.78 Å². The van der Waals surface area contributed by atoms with Crippen LogP contribution in [0.15, 0.2) is 35.6 Å². The van der Waals surface area contributed by atoms with Gasteiger partial charge < -0.3 is 14.2 Å². The highest BCUT2D eigenvalue weighted by molar-refractivity contribution is 5.28. The van der Waals surface area contributed by atoms with Crippen molar-refractivity contribution in [1.82, 2.24) is 0 Å². The van der Waals surface area contributed by atoms with Gasteiger partial charge in [-0.2, -0.15) is 0 Å². The average Bonchev–Trinajstić information content (AvgIpc) is 2.74. The van der Waals surface area contributed by atoms with E-state index in [4.69, 9.17) is 14.2 Å². The van der Waals surface area contributed by atoms with Crippen molar-refractivity contribution in [2.75, 3.05) is 20.3 Å². The van der Waals surface area contributed by atoms with Crippen LogP contribution in [-0.2, 0) is 14.2 Å². The molecular weight excluding hydrogens is 374 g/mol. The predicted octanol–water partition coefficient (Wildman–Crippen LogP) is 7.26. The Morgan fingerprint density at radius 1 is 1.21 bits per heavy atom. The quantitative estimate of drug-likeness (QED) is 0.180. The minimum Gasteiger partial charge on any atom is -0.498 e. The van der Waals surface area contributed by atoms with Crippen LogP contribution in [0.25, 0.3) is 0 Å². The van der Waals surface area contributed by atoms with E-state index in [0.29, 0.717) is 30.4 Å². The third kappa shape index (κ3) is 9.00. The summed E-state index contributed by atoms with van der Waals surface area (Å²) in [7, 11) is 1.34. The molecule has 0 aromatic heterocycles. The van der Waals surface area contributed by atoms with E-state index in [0.717, 1.165) is 45.1 Å². The third-order valence-electron chi connectivity index (χ3n) is 5.83. The van der Waals surface area contributed by atoms with Crippen LogP contribution in [0.3, 0.4) is 0 Å². The fraction of sp³-hybridized carbons (Fsp3) is 0.750. The lowest BCUT2D eigenvalue weighted by Crippen LogP contribution is -2.29. The van der Waals surface area contributed by atoms with E-state index in [2.05, 4.69) is 13.5 Å². The normalized spacial score (nSPS) is 23.7. The van der Waals surface area contributed by atoms with Crippen molar-refractivity contribution in [1.29, 1.82) is 0 Å². The highest BCUT2D eigenvalue weighted by atomic mass is 19.2. The molecule has 0 N–H and O–H groups in total. The van der Waals surface area contributed by atoms with Crippen LogP contribution in [0, 0.1) is 17.8 Å². The molecule has 1 aliphatic heterocycles. The Bertz CT molecular complexity index is 548. The number of halogens is 2. The SMILES string of the molecule is C=CCCC1CCC(OCC(C)CCC(C)/C(CC)=C(F)/C(F)=C(\C)OC)OC1. The fourth-order valence-corrected chi connectivity index (χ4v) is 3.66. The Morgan fingerprint density at radius 3 is 2.48 bits per heavy atom. The maximum Gasteiger partial charge on any atom is 0.195 e. The molecule has 1 rings (SSSR count). The first-order chi connectivity index (χ1) is 13.8. The second-order valence-corrected chi connectivity index (χ2v) is 8.26. The molecule has 4 unspecified atom stereocenters. The second-order valence-electron chi connectivity index (χ2n) is 8.26. The molecule has 5 heteroatoms. The van der Waals surface area contributed by atoms with Crippen LogP contribution in [-0.4, -0.2) is 26.6 Å². The Morgan fingerprint density at radius 2 is 1.93 bits per heavy atom. The molecule has 29 heavy (non-hydrogen) atoms. The van der Waals surface area contributed by atoms with Crippen molar-refractivity contribution in [3.05, 3.63) is 35.6 Å². The lowest BCUT2D eigenvalue weighted by molar-refractivity contribution is -0.181. The van der Waals surface area contributed by atoms with E-state index in [9.17, 15) is 8.78 Å². The highest BCUT2D eigenvalue weighted by Crippen LogP contribution is 2.31. The molecule has 1 heterocycles. The Hall–Kier alpha value is -1.20.